The molecular formula is C16H17NO3S. The Bertz CT molecular complexity index is 753. The summed E-state index contributed by atoms with van der Waals surface area (Å²) in [6.45, 7) is 4.13. The molecule has 1 atom stereocenters. The average molecular weight is 303 g/mol. The minimum atomic E-state index is -3.59. The summed E-state index contributed by atoms with van der Waals surface area (Å²) < 4.78 is 32.9. The Balaban J connectivity index is 2.12. The van der Waals surface area contributed by atoms with E-state index >= 15 is 0 Å². The summed E-state index contributed by atoms with van der Waals surface area (Å²) in [7, 11) is -3.59. The van der Waals surface area contributed by atoms with Crippen LogP contribution in [-0.2, 0) is 10.0 Å². The monoisotopic (exact) mass is 303 g/mol. The fraction of sp³-hybridized carbons (Fsp3) is 0.250. The van der Waals surface area contributed by atoms with Crippen LogP contribution in [0.1, 0.15) is 12.5 Å². The molecule has 0 aliphatic carbocycles. The number of hydrogen-bond acceptors (Lipinski definition) is 3. The van der Waals surface area contributed by atoms with Gasteiger partial charge in [0.15, 0.2) is 0 Å². The van der Waals surface area contributed by atoms with Gasteiger partial charge in [-0.2, -0.15) is 0 Å². The van der Waals surface area contributed by atoms with Gasteiger partial charge in [-0.25, -0.2) is 8.42 Å². The predicted molar refractivity (Wildman–Crippen MR) is 82.2 cm³/mol. The molecule has 1 heterocycles. The van der Waals surface area contributed by atoms with E-state index < -0.39 is 10.0 Å². The Hall–Kier alpha value is -2.01. The standard InChI is InChI=1S/C16H17NO3S/c1-12-7-9-14(10-8-12)21(18,19)17-13(2)11-20-16-6-4-3-5-15(16)17/h3-10,13H,11H2,1-2H3. The van der Waals surface area contributed by atoms with Crippen molar-refractivity contribution in [3.8, 4) is 5.75 Å². The molecule has 1 aliphatic rings. The van der Waals surface area contributed by atoms with E-state index in [1.165, 1.54) is 4.31 Å². The van der Waals surface area contributed by atoms with Gasteiger partial charge in [0.05, 0.1) is 16.6 Å². The van der Waals surface area contributed by atoms with Crippen molar-refractivity contribution in [1.82, 2.24) is 0 Å². The summed E-state index contributed by atoms with van der Waals surface area (Å²) in [5.74, 6) is 0.603. The molecule has 0 saturated carbocycles. The van der Waals surface area contributed by atoms with Crippen molar-refractivity contribution in [2.24, 2.45) is 0 Å². The maximum absolute atomic E-state index is 12.9. The number of fused-ring (bicyclic) bond motifs is 1. The van der Waals surface area contributed by atoms with Gasteiger partial charge in [0.1, 0.15) is 12.4 Å². The highest BCUT2D eigenvalue weighted by molar-refractivity contribution is 7.92. The van der Waals surface area contributed by atoms with E-state index in [0.29, 0.717) is 22.9 Å². The van der Waals surface area contributed by atoms with Gasteiger partial charge in [0, 0.05) is 0 Å². The smallest absolute Gasteiger partial charge is 0.264 e. The highest BCUT2D eigenvalue weighted by Crippen LogP contribution is 2.37. The van der Waals surface area contributed by atoms with Crippen LogP contribution in [0.3, 0.4) is 0 Å². The second kappa shape index (κ2) is 5.07. The first-order valence-electron chi connectivity index (χ1n) is 6.83. The molecule has 2 aromatic carbocycles. The summed E-state index contributed by atoms with van der Waals surface area (Å²) in [5, 5.41) is 0. The van der Waals surface area contributed by atoms with Crippen molar-refractivity contribution < 1.29 is 13.2 Å². The SMILES string of the molecule is Cc1ccc(S(=O)(=O)N2c3ccccc3OCC2C)cc1. The Labute approximate surface area is 125 Å². The Kier molecular flexibility index (Phi) is 3.37. The van der Waals surface area contributed by atoms with Crippen LogP contribution < -0.4 is 9.04 Å². The fourth-order valence-electron chi connectivity index (χ4n) is 2.47. The summed E-state index contributed by atoms with van der Waals surface area (Å²) in [6, 6.07) is 13.9. The quantitative estimate of drug-likeness (QED) is 0.857. The maximum atomic E-state index is 12.9. The van der Waals surface area contributed by atoms with E-state index in [9.17, 15) is 8.42 Å². The third-order valence-corrected chi connectivity index (χ3v) is 5.50. The van der Waals surface area contributed by atoms with Crippen LogP contribution >= 0.6 is 0 Å². The predicted octanol–water partition coefficient (Wildman–Crippen LogP) is 2.97. The lowest BCUT2D eigenvalue weighted by molar-refractivity contribution is 0.281. The molecule has 0 N–H and O–H groups in total. The first kappa shape index (κ1) is 13.9. The van der Waals surface area contributed by atoms with Gasteiger partial charge in [-0.1, -0.05) is 29.8 Å². The Morgan fingerprint density at radius 1 is 1.10 bits per heavy atom. The number of ether oxygens (including phenoxy) is 1. The minimum Gasteiger partial charge on any atom is -0.489 e. The van der Waals surface area contributed by atoms with Crippen molar-refractivity contribution in [3.05, 3.63) is 54.1 Å². The Morgan fingerprint density at radius 3 is 2.48 bits per heavy atom. The third-order valence-electron chi connectivity index (χ3n) is 3.56. The summed E-state index contributed by atoms with van der Waals surface area (Å²) in [6.07, 6.45) is 0. The van der Waals surface area contributed by atoms with Gasteiger partial charge in [-0.3, -0.25) is 4.31 Å². The lowest BCUT2D eigenvalue weighted by Gasteiger charge is -2.35. The van der Waals surface area contributed by atoms with E-state index in [1.54, 1.807) is 24.3 Å². The van der Waals surface area contributed by atoms with Crippen LogP contribution in [0.2, 0.25) is 0 Å². The molecule has 0 amide bonds. The highest BCUT2D eigenvalue weighted by Gasteiger charge is 2.34. The topological polar surface area (TPSA) is 46.6 Å². The molecule has 2 aromatic rings. The number of benzene rings is 2. The number of sulfonamides is 1. The van der Waals surface area contributed by atoms with Gasteiger partial charge in [0.2, 0.25) is 0 Å². The summed E-state index contributed by atoms with van der Waals surface area (Å²) in [5.41, 5.74) is 1.63. The molecular weight excluding hydrogens is 286 g/mol. The van der Waals surface area contributed by atoms with E-state index in [1.807, 2.05) is 38.1 Å². The van der Waals surface area contributed by atoms with Crippen LogP contribution in [-0.4, -0.2) is 21.1 Å². The first-order valence-corrected chi connectivity index (χ1v) is 8.27. The van der Waals surface area contributed by atoms with Crippen molar-refractivity contribution >= 4 is 15.7 Å². The van der Waals surface area contributed by atoms with Crippen LogP contribution in [0.5, 0.6) is 5.75 Å². The van der Waals surface area contributed by atoms with E-state index in [4.69, 9.17) is 4.74 Å². The van der Waals surface area contributed by atoms with Crippen LogP contribution in [0, 0.1) is 6.92 Å². The zero-order chi connectivity index (χ0) is 15.0. The first-order chi connectivity index (χ1) is 10.00. The largest absolute Gasteiger partial charge is 0.489 e. The van der Waals surface area contributed by atoms with Crippen molar-refractivity contribution in [3.63, 3.8) is 0 Å². The van der Waals surface area contributed by atoms with E-state index in [0.717, 1.165) is 5.56 Å². The molecule has 0 bridgehead atoms. The van der Waals surface area contributed by atoms with Crippen molar-refractivity contribution in [2.45, 2.75) is 24.8 Å². The third kappa shape index (κ3) is 2.38. The van der Waals surface area contributed by atoms with Crippen LogP contribution in [0.4, 0.5) is 5.69 Å². The number of aryl methyl sites for hydroxylation is 1. The second-order valence-electron chi connectivity index (χ2n) is 5.24. The van der Waals surface area contributed by atoms with E-state index in [2.05, 4.69) is 0 Å². The second-order valence-corrected chi connectivity index (χ2v) is 7.06. The van der Waals surface area contributed by atoms with Gasteiger partial charge >= 0.3 is 0 Å². The number of hydrogen-bond donors (Lipinski definition) is 0. The Morgan fingerprint density at radius 2 is 1.76 bits per heavy atom. The minimum absolute atomic E-state index is 0.244. The molecule has 4 nitrogen and oxygen atoms in total. The van der Waals surface area contributed by atoms with Gasteiger partial charge in [-0.05, 0) is 38.1 Å². The highest BCUT2D eigenvalue weighted by atomic mass is 32.2. The maximum Gasteiger partial charge on any atom is 0.264 e. The zero-order valence-electron chi connectivity index (χ0n) is 12.0. The van der Waals surface area contributed by atoms with Gasteiger partial charge < -0.3 is 4.74 Å². The molecule has 110 valence electrons. The number of para-hydroxylation sites is 2. The lowest BCUT2D eigenvalue weighted by atomic mass is 10.2. The molecule has 1 unspecified atom stereocenters. The van der Waals surface area contributed by atoms with E-state index in [-0.39, 0.29) is 6.04 Å². The van der Waals surface area contributed by atoms with Gasteiger partial charge in [-0.15, -0.1) is 0 Å². The molecule has 0 spiro atoms. The molecule has 0 aromatic heterocycles. The van der Waals surface area contributed by atoms with Crippen molar-refractivity contribution in [2.75, 3.05) is 10.9 Å². The molecule has 21 heavy (non-hydrogen) atoms. The van der Waals surface area contributed by atoms with Crippen molar-refractivity contribution in [1.29, 1.82) is 0 Å². The van der Waals surface area contributed by atoms with Gasteiger partial charge in [0.25, 0.3) is 10.0 Å². The molecule has 0 radical (unpaired) electrons. The lowest BCUT2D eigenvalue weighted by Crippen LogP contribution is -2.44. The molecule has 0 saturated heterocycles. The van der Waals surface area contributed by atoms with Crippen LogP contribution in [0.15, 0.2) is 53.4 Å². The summed E-state index contributed by atoms with van der Waals surface area (Å²) >= 11 is 0. The molecule has 5 heteroatoms. The molecule has 1 aliphatic heterocycles. The van der Waals surface area contributed by atoms with Crippen LogP contribution in [0.25, 0.3) is 0 Å². The number of nitrogens with zero attached hydrogens (tertiary/aromatic N) is 1. The molecule has 0 fully saturated rings. The normalized spacial score (nSPS) is 18.0. The average Bonchev–Trinajstić information content (AvgIpc) is 2.47. The summed E-state index contributed by atoms with van der Waals surface area (Å²) in [4.78, 5) is 0.302. The number of anilines is 1. The zero-order valence-corrected chi connectivity index (χ0v) is 12.8. The fourth-order valence-corrected chi connectivity index (χ4v) is 4.12. The molecule has 3 rings (SSSR count). The number of rotatable bonds is 2.